The Hall–Kier alpha value is -10.0. The smallest absolute Gasteiger partial charge is 0.0474 e. The minimum absolute atomic E-state index is 0.105. The molecule has 0 fully saturated rings. The summed E-state index contributed by atoms with van der Waals surface area (Å²) in [5.74, 6) is 0. The Morgan fingerprint density at radius 2 is 0.523 bits per heavy atom. The molecule has 15 aromatic carbocycles. The molecule has 0 spiro atoms. The Morgan fingerprint density at radius 3 is 0.841 bits per heavy atom. The summed E-state index contributed by atoms with van der Waals surface area (Å²) >= 11 is 0. The van der Waals surface area contributed by atoms with Crippen molar-refractivity contribution >= 4 is 131 Å². The van der Waals surface area contributed by atoms with Crippen LogP contribution in [0.1, 0.15) is 97.2 Å². The van der Waals surface area contributed by atoms with E-state index in [0.29, 0.717) is 0 Å². The first kappa shape index (κ1) is 54.6. The van der Waals surface area contributed by atoms with Gasteiger partial charge in [0.2, 0.25) is 0 Å². The molecule has 426 valence electrons. The fourth-order valence-electron chi connectivity index (χ4n) is 14.0. The molecule has 2 nitrogen and oxygen atoms in total. The van der Waals surface area contributed by atoms with E-state index in [9.17, 15) is 0 Å². The molecule has 0 saturated carbocycles. The first-order chi connectivity index (χ1) is 42.3. The first-order valence-electron chi connectivity index (χ1n) is 31.1. The fraction of sp³-hybridized carbons (Fsp3) is 0.140. The SMILES string of the molecule is C=C(c1ccc(C)cc1)c1ccc(N(c2ccc(C)cc2)c2cc3c4cc(C(C)(C)C)cc5cccc(c54)c4c5cc(N(c6ccc(C)cc6)c6ccc(C(=C)c7ccc(C)cc7)cc6)cc6c7cc(C(C)(C)C)cc8cccc(c87)c(c(c2)c34)c65)cc1. The van der Waals surface area contributed by atoms with Gasteiger partial charge in [-0.05, 0) is 254 Å². The summed E-state index contributed by atoms with van der Waals surface area (Å²) in [5.41, 5.74) is 20.3. The van der Waals surface area contributed by atoms with Crippen molar-refractivity contribution in [2.24, 2.45) is 0 Å². The largest absolute Gasteiger partial charge is 0.310 e. The number of rotatable bonds is 10. The maximum absolute atomic E-state index is 4.61. The van der Waals surface area contributed by atoms with E-state index in [1.165, 1.54) is 120 Å². The lowest BCUT2D eigenvalue weighted by Crippen LogP contribution is -2.12. The van der Waals surface area contributed by atoms with E-state index in [-0.39, 0.29) is 10.8 Å². The Labute approximate surface area is 517 Å². The molecule has 0 radical (unpaired) electrons. The highest BCUT2D eigenvalue weighted by Crippen LogP contribution is 2.55. The fourth-order valence-corrected chi connectivity index (χ4v) is 14.0. The van der Waals surface area contributed by atoms with Gasteiger partial charge in [-0.1, -0.05) is 223 Å². The zero-order valence-electron chi connectivity index (χ0n) is 52.2. The Balaban J connectivity index is 1.09. The van der Waals surface area contributed by atoms with Crippen LogP contribution in [0.5, 0.6) is 0 Å². The van der Waals surface area contributed by atoms with Gasteiger partial charge in [-0.25, -0.2) is 0 Å². The zero-order chi connectivity index (χ0) is 60.7. The molecular weight excluding hydrogens is 1060 g/mol. The van der Waals surface area contributed by atoms with Crippen molar-refractivity contribution in [2.45, 2.75) is 80.1 Å². The molecule has 0 atom stereocenters. The lowest BCUT2D eigenvalue weighted by molar-refractivity contribution is 0.591. The van der Waals surface area contributed by atoms with Gasteiger partial charge in [0.25, 0.3) is 0 Å². The van der Waals surface area contributed by atoms with E-state index >= 15 is 0 Å². The highest BCUT2D eigenvalue weighted by Gasteiger charge is 2.29. The van der Waals surface area contributed by atoms with Crippen LogP contribution < -0.4 is 9.80 Å². The zero-order valence-corrected chi connectivity index (χ0v) is 52.2. The monoisotopic (exact) mass is 1130 g/mol. The normalized spacial score (nSPS) is 12.3. The van der Waals surface area contributed by atoms with Gasteiger partial charge in [-0.3, -0.25) is 0 Å². The van der Waals surface area contributed by atoms with Gasteiger partial charge in [0.1, 0.15) is 0 Å². The Morgan fingerprint density at radius 1 is 0.261 bits per heavy atom. The summed E-state index contributed by atoms with van der Waals surface area (Å²) in [7, 11) is 0. The summed E-state index contributed by atoms with van der Waals surface area (Å²) in [4.78, 5) is 4.96. The van der Waals surface area contributed by atoms with Crippen LogP contribution in [0.15, 0.2) is 244 Å². The summed E-state index contributed by atoms with van der Waals surface area (Å²) in [6.45, 7) is 31.9. The van der Waals surface area contributed by atoms with Crippen LogP contribution in [-0.4, -0.2) is 0 Å². The van der Waals surface area contributed by atoms with E-state index < -0.39 is 0 Å². The second-order valence-corrected chi connectivity index (χ2v) is 27.1. The molecule has 88 heavy (non-hydrogen) atoms. The van der Waals surface area contributed by atoms with Gasteiger partial charge in [0, 0.05) is 34.1 Å². The second-order valence-electron chi connectivity index (χ2n) is 27.1. The van der Waals surface area contributed by atoms with Crippen LogP contribution in [0.2, 0.25) is 0 Å². The summed E-state index contributed by atoms with van der Waals surface area (Å²) in [6.07, 6.45) is 0. The standard InChI is InChI=1S/C86H72N2/c1-51-19-27-57(28-20-51)55(5)59-31-39-67(40-32-59)87(65-35-23-53(3)24-36-65)69-47-75-73-45-63(85(7,8)9)43-61-15-14-18-72(79(61)73)82-78-50-70(88(66-37-25-54(4)26-38-66)68-41-33-60(34-42-68)56(6)58-29-21-52(2)22-30-58)48-76-74-46-64(86(10,11)12)44-62-16-13-17-71(80(62)74)81(84(76)78)77(49-69)83(75)82/h13-50H,5-6H2,1-4,7-12H3. The van der Waals surface area contributed by atoms with E-state index in [1.807, 2.05) is 0 Å². The van der Waals surface area contributed by atoms with Crippen molar-refractivity contribution in [3.8, 4) is 0 Å². The molecule has 0 aromatic heterocycles. The van der Waals surface area contributed by atoms with Crippen molar-refractivity contribution in [2.75, 3.05) is 9.80 Å². The van der Waals surface area contributed by atoms with Gasteiger partial charge in [-0.15, -0.1) is 0 Å². The highest BCUT2D eigenvalue weighted by molar-refractivity contribution is 6.48. The topological polar surface area (TPSA) is 6.48 Å². The Kier molecular flexibility index (Phi) is 12.6. The molecule has 15 aromatic rings. The Bertz CT molecular complexity index is 4950. The molecule has 0 amide bonds. The van der Waals surface area contributed by atoms with E-state index in [1.54, 1.807) is 0 Å². The summed E-state index contributed by atoms with van der Waals surface area (Å²) in [5, 5.41) is 20.2. The number of hydrogen-bond donors (Lipinski definition) is 0. The third kappa shape index (κ3) is 8.99. The summed E-state index contributed by atoms with van der Waals surface area (Å²) in [6, 6.07) is 87.7. The third-order valence-electron chi connectivity index (χ3n) is 18.9. The van der Waals surface area contributed by atoms with Crippen molar-refractivity contribution in [3.63, 3.8) is 0 Å². The molecule has 0 saturated heterocycles. The quantitative estimate of drug-likeness (QED) is 0.0995. The number of anilines is 6. The lowest BCUT2D eigenvalue weighted by Gasteiger charge is -2.30. The van der Waals surface area contributed by atoms with Crippen molar-refractivity contribution in [1.82, 2.24) is 0 Å². The lowest BCUT2D eigenvalue weighted by atomic mass is 9.78. The maximum Gasteiger partial charge on any atom is 0.0474 e. The molecule has 15 rings (SSSR count). The highest BCUT2D eigenvalue weighted by atomic mass is 15.1. The molecule has 0 aliphatic rings. The molecule has 0 aliphatic heterocycles. The average Bonchev–Trinajstić information content (AvgIpc) is 0.689. The first-order valence-corrected chi connectivity index (χ1v) is 31.1. The van der Waals surface area contributed by atoms with Gasteiger partial charge >= 0.3 is 0 Å². The maximum atomic E-state index is 4.61. The van der Waals surface area contributed by atoms with Crippen molar-refractivity contribution < 1.29 is 0 Å². The summed E-state index contributed by atoms with van der Waals surface area (Å²) < 4.78 is 0. The number of fused-ring (bicyclic) bond motifs is 6. The van der Waals surface area contributed by atoms with Crippen LogP contribution in [0.4, 0.5) is 34.1 Å². The number of aryl methyl sites for hydroxylation is 4. The molecule has 0 N–H and O–H groups in total. The number of benzene rings is 15. The van der Waals surface area contributed by atoms with Crippen molar-refractivity contribution in [1.29, 1.82) is 0 Å². The van der Waals surface area contributed by atoms with Gasteiger partial charge < -0.3 is 9.80 Å². The van der Waals surface area contributed by atoms with Crippen molar-refractivity contribution in [3.05, 3.63) is 299 Å². The van der Waals surface area contributed by atoms with Crippen LogP contribution in [-0.2, 0) is 10.8 Å². The molecule has 0 bridgehead atoms. The van der Waals surface area contributed by atoms with Gasteiger partial charge in [-0.2, -0.15) is 0 Å². The molecule has 0 aliphatic carbocycles. The van der Waals surface area contributed by atoms with Gasteiger partial charge in [0.05, 0.1) is 0 Å². The third-order valence-corrected chi connectivity index (χ3v) is 18.9. The molecule has 0 unspecified atom stereocenters. The molecular formula is C86H72N2. The van der Waals surface area contributed by atoms with Crippen LogP contribution >= 0.6 is 0 Å². The average molecular weight is 1130 g/mol. The predicted molar refractivity (Wildman–Crippen MR) is 384 cm³/mol. The van der Waals surface area contributed by atoms with E-state index in [4.69, 9.17) is 0 Å². The number of hydrogen-bond acceptors (Lipinski definition) is 2. The van der Waals surface area contributed by atoms with Crippen LogP contribution in [0.25, 0.3) is 97.3 Å². The van der Waals surface area contributed by atoms with Gasteiger partial charge in [0.15, 0.2) is 0 Å². The second kappa shape index (κ2) is 20.3. The van der Waals surface area contributed by atoms with Crippen LogP contribution in [0.3, 0.4) is 0 Å². The van der Waals surface area contributed by atoms with E-state index in [2.05, 4.69) is 323 Å². The van der Waals surface area contributed by atoms with Crippen LogP contribution in [0, 0.1) is 27.7 Å². The predicted octanol–water partition coefficient (Wildman–Crippen LogP) is 24.7. The molecule has 2 heteroatoms. The molecule has 0 heterocycles. The minimum Gasteiger partial charge on any atom is -0.310 e. The van der Waals surface area contributed by atoms with E-state index in [0.717, 1.165) is 67.5 Å². The minimum atomic E-state index is -0.105. The number of nitrogens with zero attached hydrogens (tertiary/aromatic N) is 2.